The van der Waals surface area contributed by atoms with Crippen molar-refractivity contribution in [3.63, 3.8) is 0 Å². The van der Waals surface area contributed by atoms with Crippen molar-refractivity contribution in [3.05, 3.63) is 95.6 Å². The van der Waals surface area contributed by atoms with Gasteiger partial charge >= 0.3 is 5.97 Å². The van der Waals surface area contributed by atoms with E-state index in [1.807, 2.05) is 18.2 Å². The van der Waals surface area contributed by atoms with Crippen LogP contribution in [-0.2, 0) is 14.3 Å². The summed E-state index contributed by atoms with van der Waals surface area (Å²) >= 11 is 0. The molecule has 0 unspecified atom stereocenters. The first-order valence-corrected chi connectivity index (χ1v) is 12.5. The van der Waals surface area contributed by atoms with Gasteiger partial charge in [0, 0.05) is 11.3 Å². The van der Waals surface area contributed by atoms with Gasteiger partial charge in [0.25, 0.3) is 5.91 Å². The molecular formula is C30H26N2O5. The predicted octanol–water partition coefficient (Wildman–Crippen LogP) is 4.65. The lowest BCUT2D eigenvalue weighted by atomic mass is 9.73. The summed E-state index contributed by atoms with van der Waals surface area (Å²) in [5.74, 6) is -0.795. The van der Waals surface area contributed by atoms with Crippen molar-refractivity contribution in [2.75, 3.05) is 17.3 Å². The lowest BCUT2D eigenvalue weighted by molar-refractivity contribution is -0.123. The molecule has 0 aromatic heterocycles. The molecule has 2 aliphatic carbocycles. The van der Waals surface area contributed by atoms with E-state index in [-0.39, 0.29) is 41.4 Å². The largest absolute Gasteiger partial charge is 0.465 e. The SMILES string of the molecule is COC(=O)c1ccc(NC(=O)c2ccc(N3C(=O)[C@@H]4[C@@H]5C[C@@H]([C@H]4C3=O)[C@@H](c3ccccc3)C5)cc2)cc1. The maximum absolute atomic E-state index is 13.5. The third-order valence-electron chi connectivity index (χ3n) is 8.19. The number of hydrogen-bond donors (Lipinski definition) is 1. The molecule has 37 heavy (non-hydrogen) atoms. The highest BCUT2D eigenvalue weighted by Gasteiger charge is 2.64. The number of ether oxygens (including phenoxy) is 1. The van der Waals surface area contributed by atoms with E-state index in [4.69, 9.17) is 0 Å². The molecule has 6 rings (SSSR count). The van der Waals surface area contributed by atoms with Gasteiger partial charge in [-0.15, -0.1) is 0 Å². The molecule has 7 nitrogen and oxygen atoms in total. The Bertz CT molecular complexity index is 1380. The highest BCUT2D eigenvalue weighted by atomic mass is 16.5. The molecule has 3 aliphatic rings. The quantitative estimate of drug-likeness (QED) is 0.412. The number of benzene rings is 3. The van der Waals surface area contributed by atoms with E-state index in [1.54, 1.807) is 48.5 Å². The number of carbonyl (C=O) groups is 4. The lowest BCUT2D eigenvalue weighted by Crippen LogP contribution is -2.33. The summed E-state index contributed by atoms with van der Waals surface area (Å²) < 4.78 is 4.68. The zero-order valence-corrected chi connectivity index (χ0v) is 20.3. The van der Waals surface area contributed by atoms with Gasteiger partial charge in [-0.2, -0.15) is 0 Å². The summed E-state index contributed by atoms with van der Waals surface area (Å²) in [5.41, 5.74) is 3.06. The highest BCUT2D eigenvalue weighted by molar-refractivity contribution is 6.22. The second-order valence-electron chi connectivity index (χ2n) is 10.0. The number of nitrogens with zero attached hydrogens (tertiary/aromatic N) is 1. The van der Waals surface area contributed by atoms with E-state index in [1.165, 1.54) is 17.6 Å². The molecular weight excluding hydrogens is 468 g/mol. The monoisotopic (exact) mass is 494 g/mol. The van der Waals surface area contributed by atoms with Gasteiger partial charge in [-0.1, -0.05) is 30.3 Å². The average Bonchev–Trinajstić information content (AvgIpc) is 3.60. The first kappa shape index (κ1) is 23.2. The van der Waals surface area contributed by atoms with Crippen LogP contribution in [0.15, 0.2) is 78.9 Å². The third-order valence-corrected chi connectivity index (χ3v) is 8.19. The van der Waals surface area contributed by atoms with Crippen LogP contribution in [0.4, 0.5) is 11.4 Å². The first-order chi connectivity index (χ1) is 18.0. The van der Waals surface area contributed by atoms with Gasteiger partial charge in [0.2, 0.25) is 11.8 Å². The first-order valence-electron chi connectivity index (χ1n) is 12.5. The summed E-state index contributed by atoms with van der Waals surface area (Å²) in [6.45, 7) is 0. The summed E-state index contributed by atoms with van der Waals surface area (Å²) in [6.07, 6.45) is 1.88. The van der Waals surface area contributed by atoms with E-state index < -0.39 is 5.97 Å². The molecule has 2 bridgehead atoms. The topological polar surface area (TPSA) is 92.8 Å². The summed E-state index contributed by atoms with van der Waals surface area (Å²) in [7, 11) is 1.31. The number of amides is 3. The minimum atomic E-state index is -0.452. The van der Waals surface area contributed by atoms with Gasteiger partial charge in [0.05, 0.1) is 30.2 Å². The molecule has 186 valence electrons. The molecule has 1 saturated heterocycles. The van der Waals surface area contributed by atoms with Crippen molar-refractivity contribution in [1.29, 1.82) is 0 Å². The Kier molecular flexibility index (Phi) is 5.63. The number of anilines is 2. The van der Waals surface area contributed by atoms with Gasteiger partial charge in [-0.05, 0) is 84.7 Å². The normalized spacial score (nSPS) is 25.8. The fourth-order valence-electron chi connectivity index (χ4n) is 6.57. The standard InChI is InChI=1S/C30H26N2O5/c1-37-30(36)19-7-11-21(12-8-19)31-27(33)18-9-13-22(14-10-18)32-28(34)25-20-15-23(17-5-3-2-4-6-17)24(16-20)26(25)29(32)35/h2-14,20,23-26H,15-16H2,1H3,(H,31,33)/t20-,23+,24+,25+,26+/m0/s1. The van der Waals surface area contributed by atoms with Crippen LogP contribution in [0.25, 0.3) is 0 Å². The maximum Gasteiger partial charge on any atom is 0.337 e. The molecule has 3 aromatic carbocycles. The van der Waals surface area contributed by atoms with Crippen molar-refractivity contribution < 1.29 is 23.9 Å². The summed E-state index contributed by atoms with van der Waals surface area (Å²) in [5, 5.41) is 2.78. The number of fused-ring (bicyclic) bond motifs is 5. The van der Waals surface area contributed by atoms with Crippen molar-refractivity contribution in [1.82, 2.24) is 0 Å². The Morgan fingerprint density at radius 1 is 0.811 bits per heavy atom. The Morgan fingerprint density at radius 3 is 2.14 bits per heavy atom. The molecule has 1 aliphatic heterocycles. The van der Waals surface area contributed by atoms with E-state index in [0.29, 0.717) is 28.4 Å². The summed E-state index contributed by atoms with van der Waals surface area (Å²) in [4.78, 5) is 52.5. The zero-order chi connectivity index (χ0) is 25.7. The van der Waals surface area contributed by atoms with Crippen LogP contribution < -0.4 is 10.2 Å². The third kappa shape index (κ3) is 3.82. The molecule has 5 atom stereocenters. The van der Waals surface area contributed by atoms with Gasteiger partial charge in [-0.3, -0.25) is 19.3 Å². The zero-order valence-electron chi connectivity index (χ0n) is 20.3. The molecule has 7 heteroatoms. The predicted molar refractivity (Wildman–Crippen MR) is 137 cm³/mol. The van der Waals surface area contributed by atoms with Crippen LogP contribution in [0.1, 0.15) is 45.0 Å². The smallest absolute Gasteiger partial charge is 0.337 e. The Hall–Kier alpha value is -4.26. The van der Waals surface area contributed by atoms with Crippen LogP contribution in [0.3, 0.4) is 0 Å². The average molecular weight is 495 g/mol. The van der Waals surface area contributed by atoms with Crippen LogP contribution in [0.5, 0.6) is 0 Å². The molecule has 3 aromatic rings. The van der Waals surface area contributed by atoms with Crippen LogP contribution >= 0.6 is 0 Å². The molecule has 0 spiro atoms. The Labute approximate surface area is 214 Å². The molecule has 1 N–H and O–H groups in total. The summed E-state index contributed by atoms with van der Waals surface area (Å²) in [6, 6.07) is 23.2. The number of carbonyl (C=O) groups excluding carboxylic acids is 4. The van der Waals surface area contributed by atoms with Gasteiger partial charge in [0.15, 0.2) is 0 Å². The van der Waals surface area contributed by atoms with Gasteiger partial charge < -0.3 is 10.1 Å². The van der Waals surface area contributed by atoms with Crippen molar-refractivity contribution >= 4 is 35.1 Å². The number of hydrogen-bond acceptors (Lipinski definition) is 5. The number of imide groups is 1. The number of nitrogens with one attached hydrogen (secondary N) is 1. The fraction of sp³-hybridized carbons (Fsp3) is 0.267. The number of rotatable bonds is 5. The molecule has 3 fully saturated rings. The molecule has 0 radical (unpaired) electrons. The minimum absolute atomic E-state index is 0.114. The lowest BCUT2D eigenvalue weighted by Gasteiger charge is -2.28. The van der Waals surface area contributed by atoms with E-state index in [9.17, 15) is 19.2 Å². The van der Waals surface area contributed by atoms with E-state index >= 15 is 0 Å². The number of esters is 1. The van der Waals surface area contributed by atoms with Gasteiger partial charge in [0.1, 0.15) is 0 Å². The maximum atomic E-state index is 13.5. The van der Waals surface area contributed by atoms with Crippen LogP contribution in [0.2, 0.25) is 0 Å². The van der Waals surface area contributed by atoms with Crippen LogP contribution in [-0.4, -0.2) is 30.8 Å². The fourth-order valence-corrected chi connectivity index (χ4v) is 6.57. The Balaban J connectivity index is 1.16. The van der Waals surface area contributed by atoms with Crippen molar-refractivity contribution in [2.45, 2.75) is 18.8 Å². The van der Waals surface area contributed by atoms with Gasteiger partial charge in [-0.25, -0.2) is 4.79 Å². The highest BCUT2D eigenvalue weighted by Crippen LogP contribution is 2.61. The molecule has 3 amide bonds. The van der Waals surface area contributed by atoms with Crippen molar-refractivity contribution in [3.8, 4) is 0 Å². The minimum Gasteiger partial charge on any atom is -0.465 e. The number of methoxy groups -OCH3 is 1. The molecule has 2 saturated carbocycles. The van der Waals surface area contributed by atoms with Crippen LogP contribution in [0, 0.1) is 23.7 Å². The van der Waals surface area contributed by atoms with E-state index in [2.05, 4.69) is 22.2 Å². The van der Waals surface area contributed by atoms with E-state index in [0.717, 1.165) is 12.8 Å². The second kappa shape index (κ2) is 9.00. The van der Waals surface area contributed by atoms with Crippen molar-refractivity contribution in [2.24, 2.45) is 23.7 Å². The Morgan fingerprint density at radius 2 is 1.46 bits per heavy atom. The second-order valence-corrected chi connectivity index (χ2v) is 10.0. The molecule has 1 heterocycles.